The highest BCUT2D eigenvalue weighted by Crippen LogP contribution is 2.22. The molecular weight excluding hydrogens is 336 g/mol. The lowest BCUT2D eigenvalue weighted by Crippen LogP contribution is -2.28. The third-order valence-electron chi connectivity index (χ3n) is 4.68. The highest BCUT2D eigenvalue weighted by molar-refractivity contribution is 5.91. The Bertz CT molecular complexity index is 996. The van der Waals surface area contributed by atoms with E-state index in [1.807, 2.05) is 13.8 Å². The summed E-state index contributed by atoms with van der Waals surface area (Å²) >= 11 is 0. The molecule has 9 heteroatoms. The zero-order valence-electron chi connectivity index (χ0n) is 15.3. The van der Waals surface area contributed by atoms with E-state index >= 15 is 0 Å². The van der Waals surface area contributed by atoms with Gasteiger partial charge >= 0.3 is 11.7 Å². The van der Waals surface area contributed by atoms with Gasteiger partial charge in [0.2, 0.25) is 0 Å². The average Bonchev–Trinajstić information content (AvgIpc) is 3.18. The molecule has 0 saturated carbocycles. The van der Waals surface area contributed by atoms with E-state index in [1.165, 1.54) is 7.11 Å². The van der Waals surface area contributed by atoms with E-state index in [9.17, 15) is 9.59 Å². The van der Waals surface area contributed by atoms with Crippen LogP contribution in [0.3, 0.4) is 0 Å². The summed E-state index contributed by atoms with van der Waals surface area (Å²) in [6, 6.07) is 1.66. The van der Waals surface area contributed by atoms with Crippen LogP contribution in [0.15, 0.2) is 23.3 Å². The summed E-state index contributed by atoms with van der Waals surface area (Å²) in [7, 11) is 3.08. The lowest BCUT2D eigenvalue weighted by Gasteiger charge is -2.14. The third-order valence-corrected chi connectivity index (χ3v) is 4.68. The number of methoxy groups -OCH3 is 1. The van der Waals surface area contributed by atoms with Gasteiger partial charge in [-0.2, -0.15) is 0 Å². The first kappa shape index (κ1) is 17.8. The molecular formula is C17H22N6O3. The van der Waals surface area contributed by atoms with Crippen LogP contribution < -0.4 is 5.69 Å². The fraction of sp³-hybridized carbons (Fsp3) is 0.471. The molecule has 3 aromatic heterocycles. The van der Waals surface area contributed by atoms with Gasteiger partial charge in [0.15, 0.2) is 5.69 Å². The smallest absolute Gasteiger partial charge is 0.356 e. The summed E-state index contributed by atoms with van der Waals surface area (Å²) in [5, 5.41) is 7.78. The highest BCUT2D eigenvalue weighted by atomic mass is 16.5. The van der Waals surface area contributed by atoms with E-state index in [0.29, 0.717) is 17.6 Å². The Morgan fingerprint density at radius 3 is 2.54 bits per heavy atom. The second kappa shape index (κ2) is 7.11. The van der Waals surface area contributed by atoms with Crippen molar-refractivity contribution in [2.45, 2.75) is 39.3 Å². The van der Waals surface area contributed by atoms with Gasteiger partial charge in [-0.05, 0) is 18.9 Å². The zero-order chi connectivity index (χ0) is 18.8. The Balaban J connectivity index is 2.25. The van der Waals surface area contributed by atoms with Crippen LogP contribution in [0.4, 0.5) is 0 Å². The molecule has 0 aliphatic heterocycles. The number of ether oxygens (including phenoxy) is 1. The quantitative estimate of drug-likeness (QED) is 0.620. The minimum Gasteiger partial charge on any atom is -0.464 e. The molecule has 26 heavy (non-hydrogen) atoms. The first-order valence-electron chi connectivity index (χ1n) is 8.54. The highest BCUT2D eigenvalue weighted by Gasteiger charge is 2.21. The van der Waals surface area contributed by atoms with E-state index < -0.39 is 5.97 Å². The second-order valence-corrected chi connectivity index (χ2v) is 6.11. The minimum absolute atomic E-state index is 0.0571. The van der Waals surface area contributed by atoms with Crippen molar-refractivity contribution < 1.29 is 9.53 Å². The lowest BCUT2D eigenvalue weighted by atomic mass is 10.1. The molecule has 0 saturated heterocycles. The maximum absolute atomic E-state index is 13.2. The Kier molecular flexibility index (Phi) is 4.88. The third kappa shape index (κ3) is 2.89. The number of fused-ring (bicyclic) bond motifs is 1. The molecule has 0 aliphatic rings. The van der Waals surface area contributed by atoms with Crippen molar-refractivity contribution >= 4 is 17.0 Å². The monoisotopic (exact) mass is 358 g/mol. The number of pyridine rings is 1. The first-order chi connectivity index (χ1) is 12.5. The number of esters is 1. The average molecular weight is 358 g/mol. The SMILES string of the molecule is CCC(CC)n1c(=O)n(Cc2cnnn2C)c2cc(C(=O)OC)ncc21. The van der Waals surface area contributed by atoms with E-state index in [4.69, 9.17) is 4.74 Å². The number of aromatic nitrogens is 6. The fourth-order valence-electron chi connectivity index (χ4n) is 3.17. The normalized spacial score (nSPS) is 11.4. The molecule has 3 heterocycles. The van der Waals surface area contributed by atoms with Gasteiger partial charge in [0, 0.05) is 13.1 Å². The molecule has 0 aromatic carbocycles. The van der Waals surface area contributed by atoms with Crippen molar-refractivity contribution in [3.8, 4) is 0 Å². The maximum atomic E-state index is 13.2. The molecule has 9 nitrogen and oxygen atoms in total. The number of rotatable bonds is 6. The Hall–Kier alpha value is -2.97. The number of hydrogen-bond donors (Lipinski definition) is 0. The van der Waals surface area contributed by atoms with Crippen LogP contribution in [0.1, 0.15) is 48.9 Å². The number of carbonyl (C=O) groups excluding carboxylic acids is 1. The summed E-state index contributed by atoms with van der Waals surface area (Å²) in [6.45, 7) is 4.40. The molecule has 3 rings (SSSR count). The van der Waals surface area contributed by atoms with Crippen molar-refractivity contribution in [1.82, 2.24) is 29.1 Å². The fourth-order valence-corrected chi connectivity index (χ4v) is 3.17. The molecule has 0 N–H and O–H groups in total. The molecule has 0 bridgehead atoms. The predicted octanol–water partition coefficient (Wildman–Crippen LogP) is 1.52. The molecule has 0 atom stereocenters. The van der Waals surface area contributed by atoms with Gasteiger partial charge in [-0.15, -0.1) is 5.10 Å². The lowest BCUT2D eigenvalue weighted by molar-refractivity contribution is 0.0594. The van der Waals surface area contributed by atoms with Gasteiger partial charge in [-0.3, -0.25) is 13.8 Å². The maximum Gasteiger partial charge on any atom is 0.356 e. The number of imidazole rings is 1. The molecule has 0 spiro atoms. The van der Waals surface area contributed by atoms with Gasteiger partial charge in [-0.1, -0.05) is 19.1 Å². The number of hydrogen-bond acceptors (Lipinski definition) is 6. The largest absolute Gasteiger partial charge is 0.464 e. The molecule has 0 aliphatic carbocycles. The molecule has 0 fully saturated rings. The van der Waals surface area contributed by atoms with Crippen LogP contribution in [0.25, 0.3) is 11.0 Å². The van der Waals surface area contributed by atoms with Crippen LogP contribution in [-0.2, 0) is 18.3 Å². The predicted molar refractivity (Wildman–Crippen MR) is 95.1 cm³/mol. The van der Waals surface area contributed by atoms with E-state index in [-0.39, 0.29) is 17.4 Å². The summed E-state index contributed by atoms with van der Waals surface area (Å²) < 4.78 is 9.76. The molecule has 0 amide bonds. The summed E-state index contributed by atoms with van der Waals surface area (Å²) in [5.74, 6) is -0.539. The Morgan fingerprint density at radius 2 is 1.96 bits per heavy atom. The minimum atomic E-state index is -0.539. The van der Waals surface area contributed by atoms with Crippen LogP contribution in [0.2, 0.25) is 0 Å². The van der Waals surface area contributed by atoms with Crippen LogP contribution in [0, 0.1) is 0 Å². The van der Waals surface area contributed by atoms with E-state index in [1.54, 1.807) is 39.3 Å². The van der Waals surface area contributed by atoms with Crippen LogP contribution in [0.5, 0.6) is 0 Å². The van der Waals surface area contributed by atoms with Crippen molar-refractivity contribution in [3.05, 3.63) is 40.3 Å². The molecule has 0 radical (unpaired) electrons. The Labute approximate surface area is 150 Å². The van der Waals surface area contributed by atoms with Gasteiger partial charge in [0.05, 0.1) is 42.8 Å². The van der Waals surface area contributed by atoms with Gasteiger partial charge < -0.3 is 4.74 Å². The zero-order valence-corrected chi connectivity index (χ0v) is 15.3. The number of aryl methyl sites for hydroxylation is 1. The number of nitrogens with zero attached hydrogens (tertiary/aromatic N) is 6. The van der Waals surface area contributed by atoms with Gasteiger partial charge in [0.25, 0.3) is 0 Å². The second-order valence-electron chi connectivity index (χ2n) is 6.11. The first-order valence-corrected chi connectivity index (χ1v) is 8.54. The number of carbonyl (C=O) groups is 1. The van der Waals surface area contributed by atoms with Crippen molar-refractivity contribution in [2.24, 2.45) is 7.05 Å². The van der Waals surface area contributed by atoms with Gasteiger partial charge in [-0.25, -0.2) is 14.6 Å². The molecule has 138 valence electrons. The van der Waals surface area contributed by atoms with E-state index in [2.05, 4.69) is 15.3 Å². The molecule has 3 aromatic rings. The van der Waals surface area contributed by atoms with Crippen LogP contribution in [-0.4, -0.2) is 42.2 Å². The van der Waals surface area contributed by atoms with Crippen molar-refractivity contribution in [1.29, 1.82) is 0 Å². The topological polar surface area (TPSA) is 96.8 Å². The standard InChI is InChI=1S/C17H22N6O3/c1-5-11(6-2)23-15-9-18-13(16(24)26-4)7-14(15)22(17(23)25)10-12-8-19-20-21(12)3/h7-9,11H,5-6,10H2,1-4H3. The van der Waals surface area contributed by atoms with Crippen molar-refractivity contribution in [2.75, 3.05) is 7.11 Å². The van der Waals surface area contributed by atoms with Crippen LogP contribution >= 0.6 is 0 Å². The summed E-state index contributed by atoms with van der Waals surface area (Å²) in [5.41, 5.74) is 2.15. The molecule has 0 unspecified atom stereocenters. The Morgan fingerprint density at radius 1 is 1.23 bits per heavy atom. The van der Waals surface area contributed by atoms with E-state index in [0.717, 1.165) is 18.5 Å². The summed E-state index contributed by atoms with van der Waals surface area (Å²) in [4.78, 5) is 29.2. The van der Waals surface area contributed by atoms with Gasteiger partial charge in [0.1, 0.15) is 0 Å². The van der Waals surface area contributed by atoms with Crippen molar-refractivity contribution in [3.63, 3.8) is 0 Å². The summed E-state index contributed by atoms with van der Waals surface area (Å²) in [6.07, 6.45) is 4.83.